The molecule has 1 atom stereocenters. The third-order valence-corrected chi connectivity index (χ3v) is 5.71. The van der Waals surface area contributed by atoms with E-state index in [4.69, 9.17) is 0 Å². The Bertz CT molecular complexity index is 384. The Morgan fingerprint density at radius 3 is 2.33 bits per heavy atom. The van der Waals surface area contributed by atoms with Gasteiger partial charge in [0.2, 0.25) is 11.8 Å². The molecule has 0 spiro atoms. The topological polar surface area (TPSA) is 49.4 Å². The van der Waals surface area contributed by atoms with Crippen molar-refractivity contribution in [3.05, 3.63) is 0 Å². The summed E-state index contributed by atoms with van der Waals surface area (Å²) >= 11 is 0. The van der Waals surface area contributed by atoms with E-state index < -0.39 is 0 Å². The first-order valence-electron chi connectivity index (χ1n) is 8.62. The first-order chi connectivity index (χ1) is 10.0. The van der Waals surface area contributed by atoms with Gasteiger partial charge in [-0.25, -0.2) is 0 Å². The van der Waals surface area contributed by atoms with E-state index in [-0.39, 0.29) is 23.4 Å². The largest absolute Gasteiger partial charge is 0.344 e. The Hall–Kier alpha value is -1.06. The summed E-state index contributed by atoms with van der Waals surface area (Å²) in [5.74, 6) is 0.517. The fourth-order valence-corrected chi connectivity index (χ4v) is 3.75. The van der Waals surface area contributed by atoms with Crippen molar-refractivity contribution in [1.82, 2.24) is 10.2 Å². The fraction of sp³-hybridized carbons (Fsp3) is 0.882. The summed E-state index contributed by atoms with van der Waals surface area (Å²) in [6.07, 6.45) is 8.06. The molecule has 4 heteroatoms. The van der Waals surface area contributed by atoms with Gasteiger partial charge in [0, 0.05) is 18.5 Å². The van der Waals surface area contributed by atoms with Crippen LogP contribution in [0, 0.1) is 5.92 Å². The lowest BCUT2D eigenvalue weighted by molar-refractivity contribution is -0.141. The second kappa shape index (κ2) is 6.80. The smallest absolute Gasteiger partial charge is 0.245 e. The highest BCUT2D eigenvalue weighted by molar-refractivity contribution is 5.90. The summed E-state index contributed by atoms with van der Waals surface area (Å²) in [4.78, 5) is 27.1. The van der Waals surface area contributed by atoms with E-state index in [1.807, 2.05) is 4.90 Å². The van der Waals surface area contributed by atoms with E-state index in [9.17, 15) is 9.59 Å². The summed E-state index contributed by atoms with van der Waals surface area (Å²) in [7, 11) is 0. The van der Waals surface area contributed by atoms with E-state index in [0.717, 1.165) is 25.7 Å². The molecule has 1 aliphatic carbocycles. The molecule has 0 aromatic rings. The van der Waals surface area contributed by atoms with Crippen molar-refractivity contribution >= 4 is 11.8 Å². The Balaban J connectivity index is 2.23. The number of hydrogen-bond donors (Lipinski definition) is 1. The van der Waals surface area contributed by atoms with Gasteiger partial charge in [-0.3, -0.25) is 9.59 Å². The number of carbonyl (C=O) groups is 2. The fourth-order valence-electron chi connectivity index (χ4n) is 3.75. The van der Waals surface area contributed by atoms with Gasteiger partial charge < -0.3 is 10.2 Å². The maximum atomic E-state index is 13.1. The second-order valence-corrected chi connectivity index (χ2v) is 6.89. The minimum atomic E-state index is -0.294. The molecule has 2 aliphatic rings. The average molecular weight is 294 g/mol. The molecule has 21 heavy (non-hydrogen) atoms. The van der Waals surface area contributed by atoms with E-state index in [2.05, 4.69) is 26.1 Å². The molecule has 4 nitrogen and oxygen atoms in total. The van der Waals surface area contributed by atoms with Crippen molar-refractivity contribution in [2.45, 2.75) is 83.7 Å². The maximum absolute atomic E-state index is 13.1. The summed E-state index contributed by atoms with van der Waals surface area (Å²) in [5, 5.41) is 3.02. The molecule has 0 aromatic heterocycles. The van der Waals surface area contributed by atoms with Gasteiger partial charge in [-0.15, -0.1) is 0 Å². The molecule has 1 saturated heterocycles. The van der Waals surface area contributed by atoms with Gasteiger partial charge in [-0.05, 0) is 38.5 Å². The minimum absolute atomic E-state index is 0.0379. The number of rotatable bonds is 4. The SMILES string of the molecule is CCC(C)(CC)N1CCC(=O)NC(C2CCCCC2)C1=O. The third kappa shape index (κ3) is 3.41. The molecule has 1 aliphatic heterocycles. The molecular formula is C17H30N2O2. The predicted molar refractivity (Wildman–Crippen MR) is 83.8 cm³/mol. The molecule has 2 amide bonds. The van der Waals surface area contributed by atoms with Crippen LogP contribution in [-0.4, -0.2) is 34.8 Å². The Morgan fingerprint density at radius 1 is 1.14 bits per heavy atom. The lowest BCUT2D eigenvalue weighted by Crippen LogP contribution is -2.56. The Kier molecular flexibility index (Phi) is 5.28. The van der Waals surface area contributed by atoms with Crippen LogP contribution in [-0.2, 0) is 9.59 Å². The number of hydrogen-bond acceptors (Lipinski definition) is 2. The molecule has 120 valence electrons. The minimum Gasteiger partial charge on any atom is -0.344 e. The lowest BCUT2D eigenvalue weighted by Gasteiger charge is -2.42. The molecular weight excluding hydrogens is 264 g/mol. The zero-order valence-electron chi connectivity index (χ0n) is 13.8. The summed E-state index contributed by atoms with van der Waals surface area (Å²) < 4.78 is 0. The normalized spacial score (nSPS) is 25.7. The third-order valence-electron chi connectivity index (χ3n) is 5.71. The van der Waals surface area contributed by atoms with Crippen LogP contribution in [0.1, 0.15) is 72.1 Å². The predicted octanol–water partition coefficient (Wildman–Crippen LogP) is 2.86. The molecule has 2 rings (SSSR count). The second-order valence-electron chi connectivity index (χ2n) is 6.89. The number of amides is 2. The van der Waals surface area contributed by atoms with Gasteiger partial charge in [0.1, 0.15) is 6.04 Å². The Morgan fingerprint density at radius 2 is 1.76 bits per heavy atom. The molecule has 1 heterocycles. The van der Waals surface area contributed by atoms with E-state index in [1.54, 1.807) is 0 Å². The van der Waals surface area contributed by atoms with Crippen molar-refractivity contribution in [2.24, 2.45) is 5.92 Å². The lowest BCUT2D eigenvalue weighted by atomic mass is 9.82. The van der Waals surface area contributed by atoms with Crippen molar-refractivity contribution in [3.63, 3.8) is 0 Å². The van der Waals surface area contributed by atoms with Gasteiger partial charge in [-0.1, -0.05) is 33.1 Å². The number of carbonyl (C=O) groups excluding carboxylic acids is 2. The molecule has 1 saturated carbocycles. The van der Waals surface area contributed by atoms with Crippen LogP contribution < -0.4 is 5.32 Å². The summed E-state index contributed by atoms with van der Waals surface area (Å²) in [5.41, 5.74) is -0.129. The zero-order valence-corrected chi connectivity index (χ0v) is 13.8. The van der Waals surface area contributed by atoms with Crippen LogP contribution in [0.25, 0.3) is 0 Å². The standard InChI is InChI=1S/C17H30N2O2/c1-4-17(3,5-2)19-12-11-14(20)18-15(16(19)21)13-9-7-6-8-10-13/h13,15H,4-12H2,1-3H3,(H,18,20). The zero-order chi connectivity index (χ0) is 15.5. The molecule has 0 radical (unpaired) electrons. The highest BCUT2D eigenvalue weighted by atomic mass is 16.2. The monoisotopic (exact) mass is 294 g/mol. The molecule has 2 fully saturated rings. The van der Waals surface area contributed by atoms with Gasteiger partial charge in [-0.2, -0.15) is 0 Å². The quantitative estimate of drug-likeness (QED) is 0.866. The van der Waals surface area contributed by atoms with Crippen LogP contribution in [0.3, 0.4) is 0 Å². The van der Waals surface area contributed by atoms with Crippen LogP contribution in [0.2, 0.25) is 0 Å². The van der Waals surface area contributed by atoms with Crippen molar-refractivity contribution < 1.29 is 9.59 Å². The van der Waals surface area contributed by atoms with Gasteiger partial charge >= 0.3 is 0 Å². The molecule has 0 aromatic carbocycles. The summed E-state index contributed by atoms with van der Waals surface area (Å²) in [6.45, 7) is 6.98. The highest BCUT2D eigenvalue weighted by Crippen LogP contribution is 2.31. The first kappa shape index (κ1) is 16.3. The Labute approximate surface area is 128 Å². The van der Waals surface area contributed by atoms with Crippen molar-refractivity contribution in [1.29, 1.82) is 0 Å². The van der Waals surface area contributed by atoms with Gasteiger partial charge in [0.25, 0.3) is 0 Å². The van der Waals surface area contributed by atoms with Crippen LogP contribution in [0.5, 0.6) is 0 Å². The van der Waals surface area contributed by atoms with Crippen LogP contribution in [0.15, 0.2) is 0 Å². The van der Waals surface area contributed by atoms with E-state index >= 15 is 0 Å². The van der Waals surface area contributed by atoms with Crippen LogP contribution >= 0.6 is 0 Å². The van der Waals surface area contributed by atoms with Crippen molar-refractivity contribution in [3.8, 4) is 0 Å². The van der Waals surface area contributed by atoms with E-state index in [0.29, 0.717) is 18.9 Å². The molecule has 0 bridgehead atoms. The molecule has 1 unspecified atom stereocenters. The average Bonchev–Trinajstić information content (AvgIpc) is 2.67. The van der Waals surface area contributed by atoms with Crippen molar-refractivity contribution in [2.75, 3.05) is 6.54 Å². The van der Waals surface area contributed by atoms with E-state index in [1.165, 1.54) is 19.3 Å². The summed E-state index contributed by atoms with van der Waals surface area (Å²) in [6, 6.07) is -0.294. The highest BCUT2D eigenvalue weighted by Gasteiger charge is 2.41. The maximum Gasteiger partial charge on any atom is 0.245 e. The number of nitrogens with one attached hydrogen (secondary N) is 1. The first-order valence-corrected chi connectivity index (χ1v) is 8.62. The molecule has 1 N–H and O–H groups in total. The van der Waals surface area contributed by atoms with Gasteiger partial charge in [0.15, 0.2) is 0 Å². The van der Waals surface area contributed by atoms with Gasteiger partial charge in [0.05, 0.1) is 0 Å². The van der Waals surface area contributed by atoms with Crippen LogP contribution in [0.4, 0.5) is 0 Å². The number of nitrogens with zero attached hydrogens (tertiary/aromatic N) is 1.